The topological polar surface area (TPSA) is 78.4 Å². The zero-order valence-corrected chi connectivity index (χ0v) is 11.4. The van der Waals surface area contributed by atoms with Crippen LogP contribution in [0.3, 0.4) is 0 Å². The normalized spacial score (nSPS) is 11.7. The van der Waals surface area contributed by atoms with Crippen LogP contribution in [0, 0.1) is 5.92 Å². The zero-order valence-electron chi connectivity index (χ0n) is 10.6. The molecule has 0 aromatic heterocycles. The summed E-state index contributed by atoms with van der Waals surface area (Å²) in [4.78, 5) is 22.0. The summed E-state index contributed by atoms with van der Waals surface area (Å²) in [7, 11) is 0. The molecule has 0 bridgehead atoms. The lowest BCUT2D eigenvalue weighted by Gasteiger charge is -2.12. The zero-order chi connectivity index (χ0) is 14.3. The third kappa shape index (κ3) is 6.67. The highest BCUT2D eigenvalue weighted by Gasteiger charge is 2.08. The van der Waals surface area contributed by atoms with Crippen molar-refractivity contribution < 1.29 is 14.7 Å². The Bertz CT molecular complexity index is 451. The molecule has 1 rings (SSSR count). The van der Waals surface area contributed by atoms with Gasteiger partial charge in [-0.1, -0.05) is 24.6 Å². The summed E-state index contributed by atoms with van der Waals surface area (Å²) in [5, 5.41) is 14.4. The molecule has 1 unspecified atom stereocenters. The Morgan fingerprint density at radius 1 is 1.42 bits per heavy atom. The first-order valence-electron chi connectivity index (χ1n) is 5.99. The van der Waals surface area contributed by atoms with E-state index in [1.54, 1.807) is 24.3 Å². The minimum Gasteiger partial charge on any atom is -0.481 e. The van der Waals surface area contributed by atoms with Gasteiger partial charge in [0.1, 0.15) is 0 Å². The smallest absolute Gasteiger partial charge is 0.319 e. The highest BCUT2D eigenvalue weighted by Crippen LogP contribution is 2.14. The molecule has 2 amide bonds. The number of carboxylic acids is 1. The number of urea groups is 1. The number of aliphatic carboxylic acids is 1. The van der Waals surface area contributed by atoms with Crippen molar-refractivity contribution in [3.8, 4) is 0 Å². The van der Waals surface area contributed by atoms with E-state index >= 15 is 0 Å². The lowest BCUT2D eigenvalue weighted by Crippen LogP contribution is -2.32. The summed E-state index contributed by atoms with van der Waals surface area (Å²) in [5.41, 5.74) is 0.614. The van der Waals surface area contributed by atoms with E-state index in [1.807, 2.05) is 6.92 Å². The molecule has 104 valence electrons. The summed E-state index contributed by atoms with van der Waals surface area (Å²) in [5.74, 6) is -0.712. The average molecular weight is 285 g/mol. The second-order valence-corrected chi connectivity index (χ2v) is 4.82. The van der Waals surface area contributed by atoms with Gasteiger partial charge in [0.2, 0.25) is 0 Å². The molecule has 1 atom stereocenters. The molecule has 0 aliphatic rings. The number of anilines is 1. The number of carboxylic acid groups (broad SMARTS) is 1. The summed E-state index contributed by atoms with van der Waals surface area (Å²) < 4.78 is 0. The van der Waals surface area contributed by atoms with Gasteiger partial charge in [-0.3, -0.25) is 4.79 Å². The first-order chi connectivity index (χ1) is 8.97. The van der Waals surface area contributed by atoms with E-state index in [9.17, 15) is 9.59 Å². The number of carbonyl (C=O) groups is 2. The largest absolute Gasteiger partial charge is 0.481 e. The quantitative estimate of drug-likeness (QED) is 0.751. The molecule has 0 radical (unpaired) electrons. The number of carbonyl (C=O) groups excluding carboxylic acids is 1. The van der Waals surface area contributed by atoms with Gasteiger partial charge in [0, 0.05) is 23.7 Å². The van der Waals surface area contributed by atoms with Crippen molar-refractivity contribution in [3.63, 3.8) is 0 Å². The van der Waals surface area contributed by atoms with Crippen molar-refractivity contribution in [2.75, 3.05) is 11.9 Å². The van der Waals surface area contributed by atoms with E-state index in [2.05, 4.69) is 10.6 Å². The predicted molar refractivity (Wildman–Crippen MR) is 74.5 cm³/mol. The SMILES string of the molecule is CC(CCC(=O)O)CNC(=O)Nc1cccc(Cl)c1. The molecule has 0 aliphatic heterocycles. The summed E-state index contributed by atoms with van der Waals surface area (Å²) >= 11 is 5.80. The second kappa shape index (κ2) is 7.63. The molecule has 0 fully saturated rings. The Morgan fingerprint density at radius 2 is 2.16 bits per heavy atom. The Kier molecular flexibility index (Phi) is 6.15. The van der Waals surface area contributed by atoms with Gasteiger partial charge in [-0.2, -0.15) is 0 Å². The first-order valence-corrected chi connectivity index (χ1v) is 6.37. The molecule has 0 saturated heterocycles. The fourth-order valence-corrected chi connectivity index (χ4v) is 1.67. The van der Waals surface area contributed by atoms with E-state index < -0.39 is 5.97 Å². The fourth-order valence-electron chi connectivity index (χ4n) is 1.48. The van der Waals surface area contributed by atoms with Gasteiger partial charge in [-0.25, -0.2) is 4.79 Å². The standard InChI is InChI=1S/C13H17ClN2O3/c1-9(5-6-12(17)18)8-15-13(19)16-11-4-2-3-10(14)7-11/h2-4,7,9H,5-6,8H2,1H3,(H,17,18)(H2,15,16,19). The van der Waals surface area contributed by atoms with Gasteiger partial charge < -0.3 is 15.7 Å². The van der Waals surface area contributed by atoms with Gasteiger partial charge in [0.05, 0.1) is 0 Å². The molecule has 6 heteroatoms. The van der Waals surface area contributed by atoms with Crippen molar-refractivity contribution in [3.05, 3.63) is 29.3 Å². The summed E-state index contributed by atoms with van der Waals surface area (Å²) in [6.07, 6.45) is 0.644. The van der Waals surface area contributed by atoms with Crippen LogP contribution >= 0.6 is 11.6 Å². The van der Waals surface area contributed by atoms with Crippen LogP contribution in [0.4, 0.5) is 10.5 Å². The van der Waals surface area contributed by atoms with E-state index in [-0.39, 0.29) is 18.4 Å². The average Bonchev–Trinajstić information content (AvgIpc) is 2.34. The van der Waals surface area contributed by atoms with Crippen molar-refractivity contribution >= 4 is 29.3 Å². The molecule has 19 heavy (non-hydrogen) atoms. The third-order valence-corrected chi connectivity index (χ3v) is 2.78. The van der Waals surface area contributed by atoms with Crippen molar-refractivity contribution in [2.45, 2.75) is 19.8 Å². The van der Waals surface area contributed by atoms with Crippen molar-refractivity contribution in [1.29, 1.82) is 0 Å². The maximum absolute atomic E-state index is 11.6. The van der Waals surface area contributed by atoms with Crippen LogP contribution in [0.1, 0.15) is 19.8 Å². The van der Waals surface area contributed by atoms with Crippen LogP contribution in [0.5, 0.6) is 0 Å². The number of rotatable bonds is 6. The van der Waals surface area contributed by atoms with Gasteiger partial charge in [-0.05, 0) is 30.5 Å². The number of halogens is 1. The lowest BCUT2D eigenvalue weighted by atomic mass is 10.1. The van der Waals surface area contributed by atoms with E-state index in [0.717, 1.165) is 0 Å². The second-order valence-electron chi connectivity index (χ2n) is 4.38. The third-order valence-electron chi connectivity index (χ3n) is 2.54. The molecule has 5 nitrogen and oxygen atoms in total. The Balaban J connectivity index is 2.30. The van der Waals surface area contributed by atoms with Gasteiger partial charge in [0.15, 0.2) is 0 Å². The highest BCUT2D eigenvalue weighted by atomic mass is 35.5. The first kappa shape index (κ1) is 15.3. The Hall–Kier alpha value is -1.75. The van der Waals surface area contributed by atoms with Crippen LogP contribution in [0.2, 0.25) is 5.02 Å². The monoisotopic (exact) mass is 284 g/mol. The summed E-state index contributed by atoms with van der Waals surface area (Å²) in [6, 6.07) is 6.52. The molecule has 3 N–H and O–H groups in total. The molecular formula is C13H17ClN2O3. The van der Waals surface area contributed by atoms with Crippen LogP contribution < -0.4 is 10.6 Å². The van der Waals surface area contributed by atoms with Crippen molar-refractivity contribution in [2.24, 2.45) is 5.92 Å². The molecular weight excluding hydrogens is 268 g/mol. The van der Waals surface area contributed by atoms with Gasteiger partial charge in [0.25, 0.3) is 0 Å². The lowest BCUT2D eigenvalue weighted by molar-refractivity contribution is -0.137. The number of benzene rings is 1. The fraction of sp³-hybridized carbons (Fsp3) is 0.385. The molecule has 0 aliphatic carbocycles. The molecule has 1 aromatic carbocycles. The van der Waals surface area contributed by atoms with Gasteiger partial charge in [-0.15, -0.1) is 0 Å². The minimum absolute atomic E-state index is 0.110. The number of hydrogen-bond donors (Lipinski definition) is 3. The van der Waals surface area contributed by atoms with Crippen LogP contribution in [0.25, 0.3) is 0 Å². The van der Waals surface area contributed by atoms with Crippen LogP contribution in [-0.2, 0) is 4.79 Å². The molecule has 1 aromatic rings. The minimum atomic E-state index is -0.824. The highest BCUT2D eigenvalue weighted by molar-refractivity contribution is 6.30. The number of nitrogens with one attached hydrogen (secondary N) is 2. The van der Waals surface area contributed by atoms with Gasteiger partial charge >= 0.3 is 12.0 Å². The maximum atomic E-state index is 11.6. The van der Waals surface area contributed by atoms with Crippen LogP contribution in [-0.4, -0.2) is 23.7 Å². The van der Waals surface area contributed by atoms with E-state index in [4.69, 9.17) is 16.7 Å². The number of hydrogen-bond acceptors (Lipinski definition) is 2. The molecule has 0 heterocycles. The van der Waals surface area contributed by atoms with E-state index in [0.29, 0.717) is 23.7 Å². The van der Waals surface area contributed by atoms with E-state index in [1.165, 1.54) is 0 Å². The summed E-state index contributed by atoms with van der Waals surface area (Å²) in [6.45, 7) is 2.32. The molecule has 0 spiro atoms. The molecule has 0 saturated carbocycles. The van der Waals surface area contributed by atoms with Crippen LogP contribution in [0.15, 0.2) is 24.3 Å². The predicted octanol–water partition coefficient (Wildman–Crippen LogP) is 2.96. The maximum Gasteiger partial charge on any atom is 0.319 e. The van der Waals surface area contributed by atoms with Crippen molar-refractivity contribution in [1.82, 2.24) is 5.32 Å². The Morgan fingerprint density at radius 3 is 2.79 bits per heavy atom. The number of amides is 2. The Labute approximate surface area is 117 Å².